The van der Waals surface area contributed by atoms with Crippen LogP contribution in [0.4, 0.5) is 23.7 Å². The molecule has 0 aliphatic carbocycles. The van der Waals surface area contributed by atoms with Crippen molar-refractivity contribution in [3.05, 3.63) is 84.4 Å². The molecular formula is C25H21F3N2O4. The first-order valence-corrected chi connectivity index (χ1v) is 10.4. The molecule has 9 heteroatoms. The van der Waals surface area contributed by atoms with E-state index in [1.807, 2.05) is 18.2 Å². The molecule has 1 heterocycles. The van der Waals surface area contributed by atoms with Gasteiger partial charge < -0.3 is 14.4 Å². The minimum absolute atomic E-state index is 0.0896. The molecule has 34 heavy (non-hydrogen) atoms. The van der Waals surface area contributed by atoms with E-state index < -0.39 is 29.6 Å². The summed E-state index contributed by atoms with van der Waals surface area (Å²) in [6, 6.07) is 20.3. The van der Waals surface area contributed by atoms with Crippen LogP contribution in [0.5, 0.6) is 17.2 Å². The Morgan fingerprint density at radius 3 is 2.09 bits per heavy atom. The van der Waals surface area contributed by atoms with Crippen molar-refractivity contribution in [1.82, 2.24) is 4.90 Å². The summed E-state index contributed by atoms with van der Waals surface area (Å²) < 4.78 is 47.2. The van der Waals surface area contributed by atoms with Crippen LogP contribution in [0.25, 0.3) is 0 Å². The average molecular weight is 470 g/mol. The zero-order valence-electron chi connectivity index (χ0n) is 18.4. The number of anilines is 1. The van der Waals surface area contributed by atoms with E-state index in [4.69, 9.17) is 4.74 Å². The van der Waals surface area contributed by atoms with E-state index in [0.717, 1.165) is 17.0 Å². The number of hydrogen-bond acceptors (Lipinski definition) is 4. The SMILES string of the molecule is CC1(C)C(=O)N(c2ccc(OC(F)(F)F)cc2)C(=O)N1Cc1ccccc1Oc1ccccc1. The molecule has 4 rings (SSSR count). The smallest absolute Gasteiger partial charge is 0.457 e. The molecule has 0 bridgehead atoms. The molecule has 1 fully saturated rings. The van der Waals surface area contributed by atoms with E-state index in [1.54, 1.807) is 50.2 Å². The van der Waals surface area contributed by atoms with E-state index in [9.17, 15) is 22.8 Å². The minimum Gasteiger partial charge on any atom is -0.457 e. The molecule has 0 unspecified atom stereocenters. The second-order valence-electron chi connectivity index (χ2n) is 8.13. The number of carbonyl (C=O) groups excluding carboxylic acids is 2. The zero-order chi connectivity index (χ0) is 24.5. The van der Waals surface area contributed by atoms with Crippen LogP contribution in [0.1, 0.15) is 19.4 Å². The summed E-state index contributed by atoms with van der Waals surface area (Å²) in [6.45, 7) is 3.33. The van der Waals surface area contributed by atoms with Gasteiger partial charge in [-0.3, -0.25) is 4.79 Å². The van der Waals surface area contributed by atoms with E-state index in [1.165, 1.54) is 17.0 Å². The highest BCUT2D eigenvalue weighted by molar-refractivity contribution is 6.22. The highest BCUT2D eigenvalue weighted by atomic mass is 19.4. The van der Waals surface area contributed by atoms with Crippen molar-refractivity contribution in [3.63, 3.8) is 0 Å². The van der Waals surface area contributed by atoms with Gasteiger partial charge >= 0.3 is 12.4 Å². The van der Waals surface area contributed by atoms with Crippen molar-refractivity contribution in [2.24, 2.45) is 0 Å². The van der Waals surface area contributed by atoms with E-state index >= 15 is 0 Å². The topological polar surface area (TPSA) is 59.1 Å². The Morgan fingerprint density at radius 1 is 0.824 bits per heavy atom. The second kappa shape index (κ2) is 8.74. The molecule has 0 N–H and O–H groups in total. The van der Waals surface area contributed by atoms with Crippen molar-refractivity contribution in [2.75, 3.05) is 4.90 Å². The van der Waals surface area contributed by atoms with Gasteiger partial charge in [0.2, 0.25) is 0 Å². The number of ether oxygens (including phenoxy) is 2. The van der Waals surface area contributed by atoms with Gasteiger partial charge in [-0.25, -0.2) is 9.69 Å². The van der Waals surface area contributed by atoms with Crippen LogP contribution in [-0.2, 0) is 11.3 Å². The number of benzene rings is 3. The van der Waals surface area contributed by atoms with Gasteiger partial charge in [-0.1, -0.05) is 36.4 Å². The van der Waals surface area contributed by atoms with Gasteiger partial charge in [-0.2, -0.15) is 0 Å². The maximum Gasteiger partial charge on any atom is 0.573 e. The van der Waals surface area contributed by atoms with E-state index in [-0.39, 0.29) is 12.2 Å². The number of hydrogen-bond donors (Lipinski definition) is 0. The van der Waals surface area contributed by atoms with Gasteiger partial charge in [0.05, 0.1) is 12.2 Å². The lowest BCUT2D eigenvalue weighted by atomic mass is 10.0. The van der Waals surface area contributed by atoms with Gasteiger partial charge in [-0.15, -0.1) is 13.2 Å². The lowest BCUT2D eigenvalue weighted by Crippen LogP contribution is -2.43. The summed E-state index contributed by atoms with van der Waals surface area (Å²) in [5, 5.41) is 0. The second-order valence-corrected chi connectivity index (χ2v) is 8.13. The number of nitrogens with zero attached hydrogens (tertiary/aromatic N) is 2. The standard InChI is InChI=1S/C25H21F3N2O4/c1-24(2)22(31)30(18-12-14-20(15-13-18)34-25(26,27)28)23(32)29(24)16-17-8-6-7-11-21(17)33-19-9-4-3-5-10-19/h3-15H,16H2,1-2H3. The molecule has 6 nitrogen and oxygen atoms in total. The molecule has 0 atom stereocenters. The highest BCUT2D eigenvalue weighted by Crippen LogP contribution is 2.36. The first-order chi connectivity index (χ1) is 16.1. The maximum atomic E-state index is 13.3. The number of imide groups is 1. The van der Waals surface area contributed by atoms with Crippen LogP contribution in [0.2, 0.25) is 0 Å². The first-order valence-electron chi connectivity index (χ1n) is 10.4. The van der Waals surface area contributed by atoms with Crippen LogP contribution in [-0.4, -0.2) is 28.7 Å². The quantitative estimate of drug-likeness (QED) is 0.407. The summed E-state index contributed by atoms with van der Waals surface area (Å²) >= 11 is 0. The summed E-state index contributed by atoms with van der Waals surface area (Å²) in [4.78, 5) is 28.8. The van der Waals surface area contributed by atoms with Crippen molar-refractivity contribution in [3.8, 4) is 17.2 Å². The third-order valence-electron chi connectivity index (χ3n) is 5.42. The Hall–Kier alpha value is -4.01. The molecule has 3 amide bonds. The Kier molecular flexibility index (Phi) is 5.95. The normalized spacial score (nSPS) is 15.6. The lowest BCUT2D eigenvalue weighted by molar-refractivity contribution is -0.274. The monoisotopic (exact) mass is 470 g/mol. The number of halogens is 3. The van der Waals surface area contributed by atoms with Crippen LogP contribution in [0, 0.1) is 0 Å². The Morgan fingerprint density at radius 2 is 1.44 bits per heavy atom. The van der Waals surface area contributed by atoms with Gasteiger partial charge in [0, 0.05) is 5.56 Å². The molecule has 0 radical (unpaired) electrons. The number of alkyl halides is 3. The summed E-state index contributed by atoms with van der Waals surface area (Å²) in [5.74, 6) is 0.222. The lowest BCUT2D eigenvalue weighted by Gasteiger charge is -2.28. The highest BCUT2D eigenvalue weighted by Gasteiger charge is 2.52. The number of amides is 3. The van der Waals surface area contributed by atoms with Crippen LogP contribution in [0.3, 0.4) is 0 Å². The molecule has 176 valence electrons. The zero-order valence-corrected chi connectivity index (χ0v) is 18.4. The average Bonchev–Trinajstić information content (AvgIpc) is 2.95. The molecule has 0 aromatic heterocycles. The summed E-state index contributed by atoms with van der Waals surface area (Å²) in [7, 11) is 0. The van der Waals surface area contributed by atoms with Crippen molar-refractivity contribution in [1.29, 1.82) is 0 Å². The Balaban J connectivity index is 1.59. The largest absolute Gasteiger partial charge is 0.573 e. The van der Waals surface area contributed by atoms with Crippen LogP contribution >= 0.6 is 0 Å². The Bertz CT molecular complexity index is 1190. The van der Waals surface area contributed by atoms with Crippen molar-refractivity contribution in [2.45, 2.75) is 32.3 Å². The third-order valence-corrected chi connectivity index (χ3v) is 5.42. The predicted molar refractivity (Wildman–Crippen MR) is 119 cm³/mol. The summed E-state index contributed by atoms with van der Waals surface area (Å²) in [6.07, 6.45) is -4.84. The fraction of sp³-hybridized carbons (Fsp3) is 0.200. The minimum atomic E-state index is -4.84. The van der Waals surface area contributed by atoms with E-state index in [0.29, 0.717) is 17.1 Å². The van der Waals surface area contributed by atoms with E-state index in [2.05, 4.69) is 4.74 Å². The number of rotatable bonds is 6. The Labute approximate surface area is 194 Å². The third kappa shape index (κ3) is 4.68. The van der Waals surface area contributed by atoms with Gasteiger partial charge in [-0.05, 0) is 56.3 Å². The molecule has 0 spiro atoms. The number of urea groups is 1. The molecule has 1 saturated heterocycles. The molecule has 3 aromatic rings. The van der Waals surface area contributed by atoms with Gasteiger partial charge in [0.1, 0.15) is 22.8 Å². The molecule has 0 saturated carbocycles. The predicted octanol–water partition coefficient (Wildman–Crippen LogP) is 6.12. The fourth-order valence-electron chi connectivity index (χ4n) is 3.65. The maximum absolute atomic E-state index is 13.3. The molecule has 1 aliphatic heterocycles. The van der Waals surface area contributed by atoms with Gasteiger partial charge in [0.25, 0.3) is 5.91 Å². The molecule has 3 aromatic carbocycles. The van der Waals surface area contributed by atoms with Crippen LogP contribution < -0.4 is 14.4 Å². The molecule has 1 aliphatic rings. The number of carbonyl (C=O) groups is 2. The van der Waals surface area contributed by atoms with Crippen molar-refractivity contribution < 1.29 is 32.2 Å². The van der Waals surface area contributed by atoms with Gasteiger partial charge in [0.15, 0.2) is 0 Å². The summed E-state index contributed by atoms with van der Waals surface area (Å²) in [5.41, 5.74) is -0.358. The number of para-hydroxylation sites is 2. The first kappa shape index (κ1) is 23.2. The fourth-order valence-corrected chi connectivity index (χ4v) is 3.65. The van der Waals surface area contributed by atoms with Crippen LogP contribution in [0.15, 0.2) is 78.9 Å². The molecular weight excluding hydrogens is 449 g/mol. The van der Waals surface area contributed by atoms with Crippen molar-refractivity contribution >= 4 is 17.6 Å².